The third kappa shape index (κ3) is 3.75. The van der Waals surface area contributed by atoms with Gasteiger partial charge < -0.3 is 15.5 Å². The molecule has 1 fully saturated rings. The molecular weight excluding hydrogens is 354 g/mol. The SMILES string of the molecule is Cc1cc(N2CCN(C(=O)c3cccc(-c4cnccn4)c3)CC2)nc(N)n1. The maximum absolute atomic E-state index is 13.0. The van der Waals surface area contributed by atoms with Gasteiger partial charge in [-0.1, -0.05) is 12.1 Å². The van der Waals surface area contributed by atoms with Crippen molar-refractivity contribution in [3.05, 3.63) is 60.2 Å². The van der Waals surface area contributed by atoms with E-state index in [2.05, 4.69) is 24.8 Å². The van der Waals surface area contributed by atoms with Crippen LogP contribution >= 0.6 is 0 Å². The molecule has 28 heavy (non-hydrogen) atoms. The van der Waals surface area contributed by atoms with E-state index >= 15 is 0 Å². The fourth-order valence-electron chi connectivity index (χ4n) is 3.32. The second-order valence-corrected chi connectivity index (χ2v) is 6.68. The lowest BCUT2D eigenvalue weighted by atomic mass is 10.1. The van der Waals surface area contributed by atoms with Crippen LogP contribution in [0.3, 0.4) is 0 Å². The van der Waals surface area contributed by atoms with Gasteiger partial charge in [0.05, 0.1) is 11.9 Å². The van der Waals surface area contributed by atoms with Crippen LogP contribution in [0.2, 0.25) is 0 Å². The maximum Gasteiger partial charge on any atom is 0.253 e. The molecule has 3 aromatic rings. The number of carbonyl (C=O) groups is 1. The lowest BCUT2D eigenvalue weighted by molar-refractivity contribution is 0.0746. The van der Waals surface area contributed by atoms with Crippen molar-refractivity contribution in [2.45, 2.75) is 6.92 Å². The van der Waals surface area contributed by atoms with Crippen LogP contribution in [0.5, 0.6) is 0 Å². The van der Waals surface area contributed by atoms with Gasteiger partial charge in [0.25, 0.3) is 5.91 Å². The lowest BCUT2D eigenvalue weighted by Gasteiger charge is -2.35. The molecule has 2 N–H and O–H groups in total. The highest BCUT2D eigenvalue weighted by atomic mass is 16.2. The Hall–Kier alpha value is -3.55. The number of nitrogens with zero attached hydrogens (tertiary/aromatic N) is 6. The van der Waals surface area contributed by atoms with E-state index in [9.17, 15) is 4.79 Å². The first-order chi connectivity index (χ1) is 13.6. The topological polar surface area (TPSA) is 101 Å². The van der Waals surface area contributed by atoms with Crippen molar-refractivity contribution in [2.75, 3.05) is 36.8 Å². The van der Waals surface area contributed by atoms with Crippen molar-refractivity contribution >= 4 is 17.7 Å². The molecule has 142 valence electrons. The zero-order valence-corrected chi connectivity index (χ0v) is 15.6. The molecule has 1 amide bonds. The minimum Gasteiger partial charge on any atom is -0.368 e. The van der Waals surface area contributed by atoms with Crippen LogP contribution in [-0.4, -0.2) is 56.9 Å². The van der Waals surface area contributed by atoms with Crippen LogP contribution in [0, 0.1) is 6.92 Å². The van der Waals surface area contributed by atoms with Gasteiger partial charge >= 0.3 is 0 Å². The second kappa shape index (κ2) is 7.59. The number of aromatic nitrogens is 4. The molecule has 0 radical (unpaired) electrons. The predicted octanol–water partition coefficient (Wildman–Crippen LogP) is 1.79. The molecule has 8 heteroatoms. The third-order valence-electron chi connectivity index (χ3n) is 4.72. The molecular formula is C20H21N7O. The first-order valence-corrected chi connectivity index (χ1v) is 9.12. The minimum absolute atomic E-state index is 0.0174. The summed E-state index contributed by atoms with van der Waals surface area (Å²) in [7, 11) is 0. The number of nitrogens with two attached hydrogens (primary N) is 1. The van der Waals surface area contributed by atoms with E-state index in [1.54, 1.807) is 18.6 Å². The van der Waals surface area contributed by atoms with Crippen LogP contribution in [-0.2, 0) is 0 Å². The highest BCUT2D eigenvalue weighted by Gasteiger charge is 2.23. The Morgan fingerprint density at radius 2 is 1.89 bits per heavy atom. The molecule has 0 spiro atoms. The van der Waals surface area contributed by atoms with E-state index in [4.69, 9.17) is 5.73 Å². The van der Waals surface area contributed by atoms with Crippen LogP contribution < -0.4 is 10.6 Å². The van der Waals surface area contributed by atoms with E-state index in [0.29, 0.717) is 31.7 Å². The maximum atomic E-state index is 13.0. The summed E-state index contributed by atoms with van der Waals surface area (Å²) < 4.78 is 0. The Labute approximate surface area is 163 Å². The zero-order valence-electron chi connectivity index (χ0n) is 15.6. The molecule has 4 rings (SSSR count). The number of rotatable bonds is 3. The van der Waals surface area contributed by atoms with Gasteiger partial charge in [-0.25, -0.2) is 4.98 Å². The van der Waals surface area contributed by atoms with Crippen LogP contribution in [0.4, 0.5) is 11.8 Å². The fraction of sp³-hybridized carbons (Fsp3) is 0.250. The summed E-state index contributed by atoms with van der Waals surface area (Å²) in [5.41, 5.74) is 8.87. The largest absolute Gasteiger partial charge is 0.368 e. The van der Waals surface area contributed by atoms with Crippen LogP contribution in [0.15, 0.2) is 48.9 Å². The summed E-state index contributed by atoms with van der Waals surface area (Å²) in [4.78, 5) is 33.8. The molecule has 1 aliphatic heterocycles. The van der Waals surface area contributed by atoms with Gasteiger partial charge in [0.1, 0.15) is 5.82 Å². The predicted molar refractivity (Wildman–Crippen MR) is 107 cm³/mol. The van der Waals surface area contributed by atoms with Gasteiger partial charge in [-0.15, -0.1) is 0 Å². The molecule has 1 aliphatic rings. The fourth-order valence-corrected chi connectivity index (χ4v) is 3.32. The molecule has 8 nitrogen and oxygen atoms in total. The summed E-state index contributed by atoms with van der Waals surface area (Å²) >= 11 is 0. The molecule has 0 saturated carbocycles. The van der Waals surface area contributed by atoms with Gasteiger partial charge in [0, 0.05) is 61.5 Å². The van der Waals surface area contributed by atoms with Crippen molar-refractivity contribution < 1.29 is 4.79 Å². The van der Waals surface area contributed by atoms with E-state index in [1.807, 2.05) is 42.2 Å². The van der Waals surface area contributed by atoms with Gasteiger partial charge in [-0.3, -0.25) is 14.8 Å². The average Bonchev–Trinajstić information content (AvgIpc) is 2.73. The Bertz CT molecular complexity index is 965. The molecule has 2 aromatic heterocycles. The van der Waals surface area contributed by atoms with Crippen molar-refractivity contribution in [2.24, 2.45) is 0 Å². The Morgan fingerprint density at radius 1 is 1.07 bits per heavy atom. The highest BCUT2D eigenvalue weighted by Crippen LogP contribution is 2.20. The van der Waals surface area contributed by atoms with E-state index in [1.165, 1.54) is 0 Å². The molecule has 0 bridgehead atoms. The molecule has 0 atom stereocenters. The number of amides is 1. The normalized spacial score (nSPS) is 14.2. The zero-order chi connectivity index (χ0) is 19.5. The first kappa shape index (κ1) is 17.8. The highest BCUT2D eigenvalue weighted by molar-refractivity contribution is 5.95. The average molecular weight is 375 g/mol. The molecule has 0 aliphatic carbocycles. The standard InChI is InChI=1S/C20H21N7O/c1-14-11-18(25-20(21)24-14)26-7-9-27(10-8-26)19(28)16-4-2-3-15(12-16)17-13-22-5-6-23-17/h2-6,11-13H,7-10H2,1H3,(H2,21,24,25). The van der Waals surface area contributed by atoms with Gasteiger partial charge in [0.2, 0.25) is 5.95 Å². The summed E-state index contributed by atoms with van der Waals surface area (Å²) in [6.45, 7) is 4.54. The first-order valence-electron chi connectivity index (χ1n) is 9.12. The number of nitrogen functional groups attached to an aromatic ring is 1. The smallest absolute Gasteiger partial charge is 0.253 e. The molecule has 1 saturated heterocycles. The minimum atomic E-state index is 0.0174. The second-order valence-electron chi connectivity index (χ2n) is 6.68. The van der Waals surface area contributed by atoms with Crippen molar-refractivity contribution in [3.8, 4) is 11.3 Å². The van der Waals surface area contributed by atoms with Crippen molar-refractivity contribution in [3.63, 3.8) is 0 Å². The third-order valence-corrected chi connectivity index (χ3v) is 4.72. The van der Waals surface area contributed by atoms with E-state index in [-0.39, 0.29) is 11.9 Å². The van der Waals surface area contributed by atoms with E-state index < -0.39 is 0 Å². The molecule has 1 aromatic carbocycles. The quantitative estimate of drug-likeness (QED) is 0.745. The number of hydrogen-bond acceptors (Lipinski definition) is 7. The molecule has 0 unspecified atom stereocenters. The lowest BCUT2D eigenvalue weighted by Crippen LogP contribution is -2.49. The van der Waals surface area contributed by atoms with E-state index in [0.717, 1.165) is 22.8 Å². The van der Waals surface area contributed by atoms with Crippen molar-refractivity contribution in [1.29, 1.82) is 0 Å². The van der Waals surface area contributed by atoms with Gasteiger partial charge in [-0.05, 0) is 19.1 Å². The Morgan fingerprint density at radius 3 is 2.61 bits per heavy atom. The number of piperazine rings is 1. The Kier molecular flexibility index (Phi) is 4.84. The van der Waals surface area contributed by atoms with Crippen LogP contribution in [0.25, 0.3) is 11.3 Å². The number of anilines is 2. The monoisotopic (exact) mass is 375 g/mol. The molecule has 3 heterocycles. The number of carbonyl (C=O) groups excluding carboxylic acids is 1. The number of benzene rings is 1. The Balaban J connectivity index is 1.46. The number of hydrogen-bond donors (Lipinski definition) is 1. The van der Waals surface area contributed by atoms with Crippen LogP contribution in [0.1, 0.15) is 16.1 Å². The summed E-state index contributed by atoms with van der Waals surface area (Å²) in [5.74, 6) is 1.10. The van der Waals surface area contributed by atoms with Crippen molar-refractivity contribution in [1.82, 2.24) is 24.8 Å². The summed E-state index contributed by atoms with van der Waals surface area (Å²) in [6, 6.07) is 9.43. The number of aryl methyl sites for hydroxylation is 1. The van der Waals surface area contributed by atoms with Gasteiger partial charge in [0.15, 0.2) is 0 Å². The van der Waals surface area contributed by atoms with Gasteiger partial charge in [-0.2, -0.15) is 4.98 Å². The summed E-state index contributed by atoms with van der Waals surface area (Å²) in [5, 5.41) is 0. The summed E-state index contributed by atoms with van der Waals surface area (Å²) in [6.07, 6.45) is 4.97.